The summed E-state index contributed by atoms with van der Waals surface area (Å²) in [7, 11) is -3.43. The molecule has 0 spiro atoms. The molecule has 5 nitrogen and oxygen atoms in total. The minimum absolute atomic E-state index is 0.0483. The van der Waals surface area contributed by atoms with Gasteiger partial charge in [0.05, 0.1) is 12.3 Å². The molecule has 0 fully saturated rings. The number of aliphatic hydroxyl groups excluding tert-OH is 1. The van der Waals surface area contributed by atoms with Gasteiger partial charge in [-0.3, -0.25) is 9.36 Å². The second-order valence-corrected chi connectivity index (χ2v) is 10.0. The average Bonchev–Trinajstić information content (AvgIpc) is 3.38. The van der Waals surface area contributed by atoms with E-state index >= 15 is 0 Å². The summed E-state index contributed by atoms with van der Waals surface area (Å²) in [5, 5.41) is 15.6. The number of ketones is 1. The Morgan fingerprint density at radius 1 is 0.844 bits per heavy atom. The van der Waals surface area contributed by atoms with Crippen LogP contribution in [0, 0.1) is 6.92 Å². The van der Waals surface area contributed by atoms with Crippen molar-refractivity contribution in [2.75, 3.05) is 0 Å². The van der Waals surface area contributed by atoms with Crippen molar-refractivity contribution in [3.8, 4) is 0 Å². The Morgan fingerprint density at radius 3 is 1.94 bits per heavy atom. The minimum Gasteiger partial charge on any atom is -0.461 e. The first-order valence-corrected chi connectivity index (χ1v) is 12.0. The number of benzene rings is 3. The van der Waals surface area contributed by atoms with Crippen LogP contribution in [0.1, 0.15) is 27.7 Å². The second kappa shape index (κ2) is 9.49. The summed E-state index contributed by atoms with van der Waals surface area (Å²) in [4.78, 5) is 13.0. The van der Waals surface area contributed by atoms with Crippen LogP contribution >= 0.6 is 7.29 Å². The predicted molar refractivity (Wildman–Crippen MR) is 126 cm³/mol. The molecule has 162 valence electrons. The number of furan rings is 1. The number of aryl methyl sites for hydroxylation is 1. The van der Waals surface area contributed by atoms with E-state index in [4.69, 9.17) is 4.42 Å². The lowest BCUT2D eigenvalue weighted by Crippen LogP contribution is -2.40. The van der Waals surface area contributed by atoms with Gasteiger partial charge in [-0.1, -0.05) is 60.7 Å². The van der Waals surface area contributed by atoms with Crippen LogP contribution in [0.25, 0.3) is 0 Å². The van der Waals surface area contributed by atoms with Gasteiger partial charge in [0.15, 0.2) is 5.76 Å². The smallest absolute Gasteiger partial charge is 0.228 e. The fourth-order valence-electron chi connectivity index (χ4n) is 3.73. The normalized spacial score (nSPS) is 13.4. The van der Waals surface area contributed by atoms with E-state index in [9.17, 15) is 14.5 Å². The molecule has 0 aliphatic carbocycles. The van der Waals surface area contributed by atoms with Crippen molar-refractivity contribution in [2.45, 2.75) is 19.1 Å². The highest BCUT2D eigenvalue weighted by molar-refractivity contribution is 7.76. The van der Waals surface area contributed by atoms with E-state index in [1.54, 1.807) is 30.3 Å². The topological polar surface area (TPSA) is 79.5 Å². The Morgan fingerprint density at radius 2 is 1.41 bits per heavy atom. The van der Waals surface area contributed by atoms with Crippen molar-refractivity contribution in [1.29, 1.82) is 0 Å². The van der Waals surface area contributed by atoms with Gasteiger partial charge in [0.1, 0.15) is 6.10 Å². The Bertz CT molecular complexity index is 1180. The molecule has 0 aliphatic heterocycles. The SMILES string of the molecule is Cc1ccccc1[C@H](NP(=O)(c1ccccc1)c1ccccc1)[C@@H](O)C(=O)c1ccco1. The summed E-state index contributed by atoms with van der Waals surface area (Å²) in [5.74, 6) is -0.532. The number of aliphatic hydroxyl groups is 1. The van der Waals surface area contributed by atoms with Crippen LogP contribution in [-0.4, -0.2) is 17.0 Å². The van der Waals surface area contributed by atoms with Crippen LogP contribution in [0.4, 0.5) is 0 Å². The van der Waals surface area contributed by atoms with Gasteiger partial charge >= 0.3 is 0 Å². The third-order valence-electron chi connectivity index (χ3n) is 5.43. The van der Waals surface area contributed by atoms with E-state index in [-0.39, 0.29) is 5.76 Å². The minimum atomic E-state index is -3.43. The lowest BCUT2D eigenvalue weighted by Gasteiger charge is -2.30. The molecule has 4 rings (SSSR count). The Kier molecular flexibility index (Phi) is 6.52. The highest BCUT2D eigenvalue weighted by Gasteiger charge is 2.37. The molecule has 0 bridgehead atoms. The van der Waals surface area contributed by atoms with Gasteiger partial charge in [-0.05, 0) is 54.4 Å². The van der Waals surface area contributed by atoms with E-state index < -0.39 is 25.2 Å². The van der Waals surface area contributed by atoms with Crippen molar-refractivity contribution in [3.05, 3.63) is 120 Å². The molecule has 0 amide bonds. The first-order chi connectivity index (χ1) is 15.5. The monoisotopic (exact) mass is 445 g/mol. The lowest BCUT2D eigenvalue weighted by molar-refractivity contribution is 0.0649. The molecule has 1 heterocycles. The molecule has 0 radical (unpaired) electrons. The molecule has 0 saturated carbocycles. The fraction of sp³-hybridized carbons (Fsp3) is 0.115. The van der Waals surface area contributed by atoms with E-state index in [1.165, 1.54) is 12.3 Å². The quantitative estimate of drug-likeness (QED) is 0.311. The fourth-order valence-corrected chi connectivity index (χ4v) is 6.18. The van der Waals surface area contributed by atoms with Crippen LogP contribution in [0.5, 0.6) is 0 Å². The summed E-state index contributed by atoms with van der Waals surface area (Å²) >= 11 is 0. The maximum absolute atomic E-state index is 14.6. The third kappa shape index (κ3) is 4.37. The van der Waals surface area contributed by atoms with Gasteiger partial charge in [0, 0.05) is 10.6 Å². The number of hydrogen-bond donors (Lipinski definition) is 2. The Hall–Kier alpha value is -3.24. The van der Waals surface area contributed by atoms with Crippen molar-refractivity contribution >= 4 is 23.7 Å². The number of Topliss-reactive ketones (excluding diaryl/α,β-unsaturated/α-hetero) is 1. The van der Waals surface area contributed by atoms with Gasteiger partial charge in [-0.25, -0.2) is 5.09 Å². The first kappa shape index (κ1) is 22.0. The molecule has 1 aromatic heterocycles. The predicted octanol–water partition coefficient (Wildman–Crippen LogP) is 4.39. The number of hydrogen-bond acceptors (Lipinski definition) is 4. The zero-order valence-electron chi connectivity index (χ0n) is 17.6. The molecular formula is C26H24NO4P. The maximum Gasteiger partial charge on any atom is 0.228 e. The van der Waals surface area contributed by atoms with Crippen molar-refractivity contribution < 1.29 is 18.9 Å². The summed E-state index contributed by atoms with van der Waals surface area (Å²) < 4.78 is 19.8. The van der Waals surface area contributed by atoms with Crippen LogP contribution in [0.15, 0.2) is 108 Å². The molecule has 6 heteroatoms. The van der Waals surface area contributed by atoms with Crippen molar-refractivity contribution in [2.24, 2.45) is 0 Å². The molecule has 0 unspecified atom stereocenters. The van der Waals surface area contributed by atoms with E-state index in [2.05, 4.69) is 5.09 Å². The number of rotatable bonds is 8. The third-order valence-corrected chi connectivity index (χ3v) is 8.12. The highest BCUT2D eigenvalue weighted by atomic mass is 31.2. The zero-order valence-corrected chi connectivity index (χ0v) is 18.5. The first-order valence-electron chi connectivity index (χ1n) is 10.3. The standard InChI is InChI=1S/C26H24NO4P/c1-19-11-8-9-16-22(19)24(26(29)25(28)23-17-10-18-31-23)27-32(30,20-12-4-2-5-13-20)21-14-6-3-7-15-21/h2-18,24,26,29H,1H3,(H,27,30)/t24-,26+/m0/s1. The Labute approximate surface area is 187 Å². The molecule has 0 aliphatic rings. The highest BCUT2D eigenvalue weighted by Crippen LogP contribution is 2.43. The van der Waals surface area contributed by atoms with Gasteiger partial charge in [-0.15, -0.1) is 0 Å². The Balaban J connectivity index is 1.84. The van der Waals surface area contributed by atoms with Gasteiger partial charge in [0.2, 0.25) is 13.1 Å². The van der Waals surface area contributed by atoms with Gasteiger partial charge in [0.25, 0.3) is 0 Å². The molecule has 32 heavy (non-hydrogen) atoms. The van der Waals surface area contributed by atoms with Crippen LogP contribution in [-0.2, 0) is 4.57 Å². The number of carbonyl (C=O) groups excluding carboxylic acids is 1. The lowest BCUT2D eigenvalue weighted by atomic mass is 9.95. The number of nitrogens with one attached hydrogen (secondary N) is 1. The average molecular weight is 445 g/mol. The van der Waals surface area contributed by atoms with E-state index in [1.807, 2.05) is 67.6 Å². The molecule has 4 aromatic rings. The largest absolute Gasteiger partial charge is 0.461 e. The van der Waals surface area contributed by atoms with Crippen molar-refractivity contribution in [3.63, 3.8) is 0 Å². The van der Waals surface area contributed by atoms with Crippen LogP contribution < -0.4 is 15.7 Å². The molecule has 2 atom stereocenters. The second-order valence-electron chi connectivity index (χ2n) is 7.53. The number of carbonyl (C=O) groups is 1. The molecule has 3 aromatic carbocycles. The summed E-state index contributed by atoms with van der Waals surface area (Å²) in [5.41, 5.74) is 1.55. The molecular weight excluding hydrogens is 421 g/mol. The van der Waals surface area contributed by atoms with E-state index in [0.717, 1.165) is 5.56 Å². The van der Waals surface area contributed by atoms with Gasteiger partial charge in [-0.2, -0.15) is 0 Å². The maximum atomic E-state index is 14.6. The molecule has 2 N–H and O–H groups in total. The van der Waals surface area contributed by atoms with Crippen molar-refractivity contribution in [1.82, 2.24) is 5.09 Å². The summed E-state index contributed by atoms with van der Waals surface area (Å²) in [6.07, 6.45) is -0.127. The van der Waals surface area contributed by atoms with Crippen LogP contribution in [0.3, 0.4) is 0 Å². The van der Waals surface area contributed by atoms with Gasteiger partial charge < -0.3 is 9.52 Å². The zero-order chi connectivity index (χ0) is 22.6. The summed E-state index contributed by atoms with van der Waals surface area (Å²) in [6, 6.07) is 27.7. The summed E-state index contributed by atoms with van der Waals surface area (Å²) in [6.45, 7) is 1.89. The molecule has 0 saturated heterocycles. The van der Waals surface area contributed by atoms with E-state index in [0.29, 0.717) is 16.2 Å². The van der Waals surface area contributed by atoms with Crippen LogP contribution in [0.2, 0.25) is 0 Å².